The highest BCUT2D eigenvalue weighted by atomic mass is 35.5. The summed E-state index contributed by atoms with van der Waals surface area (Å²) in [5, 5.41) is 12.7. The first-order valence-electron chi connectivity index (χ1n) is 6.39. The highest BCUT2D eigenvalue weighted by Crippen LogP contribution is 2.36. The predicted octanol–water partition coefficient (Wildman–Crippen LogP) is 2.93. The van der Waals surface area contributed by atoms with Crippen LogP contribution in [0.4, 0.5) is 5.69 Å². The first kappa shape index (κ1) is 14.2. The van der Waals surface area contributed by atoms with Gasteiger partial charge in [0, 0.05) is 12.1 Å². The van der Waals surface area contributed by atoms with E-state index in [0.717, 1.165) is 19.4 Å². The van der Waals surface area contributed by atoms with Crippen molar-refractivity contribution in [3.63, 3.8) is 0 Å². The molecular formula is C14H19ClN2O2. The number of benzene rings is 1. The van der Waals surface area contributed by atoms with Crippen molar-refractivity contribution in [1.82, 2.24) is 4.90 Å². The molecule has 2 rings (SSSR count). The van der Waals surface area contributed by atoms with E-state index in [1.54, 1.807) is 18.2 Å². The summed E-state index contributed by atoms with van der Waals surface area (Å²) in [5.41, 5.74) is 0.878. The van der Waals surface area contributed by atoms with E-state index in [9.17, 15) is 9.90 Å². The summed E-state index contributed by atoms with van der Waals surface area (Å²) in [6.45, 7) is 0.737. The van der Waals surface area contributed by atoms with Crippen LogP contribution in [0, 0.1) is 0 Å². The molecule has 1 aliphatic rings. The third-order valence-corrected chi connectivity index (χ3v) is 4.38. The second-order valence-electron chi connectivity index (χ2n) is 5.29. The van der Waals surface area contributed by atoms with E-state index in [0.29, 0.717) is 5.69 Å². The highest BCUT2D eigenvalue weighted by molar-refractivity contribution is 6.34. The quantitative estimate of drug-likeness (QED) is 0.872. The molecule has 1 aliphatic carbocycles. The van der Waals surface area contributed by atoms with Crippen molar-refractivity contribution in [2.75, 3.05) is 26.0 Å². The molecule has 19 heavy (non-hydrogen) atoms. The van der Waals surface area contributed by atoms with Crippen LogP contribution in [0.1, 0.15) is 29.6 Å². The number of nitrogens with zero attached hydrogens (tertiary/aromatic N) is 1. The van der Waals surface area contributed by atoms with Crippen molar-refractivity contribution in [1.29, 1.82) is 0 Å². The molecule has 0 unspecified atom stereocenters. The van der Waals surface area contributed by atoms with E-state index < -0.39 is 5.97 Å². The monoisotopic (exact) mass is 282 g/mol. The molecule has 1 saturated carbocycles. The van der Waals surface area contributed by atoms with Crippen LogP contribution < -0.4 is 5.32 Å². The van der Waals surface area contributed by atoms with Gasteiger partial charge < -0.3 is 15.3 Å². The van der Waals surface area contributed by atoms with Crippen LogP contribution in [0.15, 0.2) is 18.2 Å². The number of rotatable bonds is 5. The maximum Gasteiger partial charge on any atom is 0.339 e. The largest absolute Gasteiger partial charge is 0.478 e. The van der Waals surface area contributed by atoms with Crippen molar-refractivity contribution in [3.8, 4) is 0 Å². The summed E-state index contributed by atoms with van der Waals surface area (Å²) in [6, 6.07) is 5.12. The van der Waals surface area contributed by atoms with Gasteiger partial charge in [0.05, 0.1) is 10.7 Å². The lowest BCUT2D eigenvalue weighted by Gasteiger charge is -2.47. The molecule has 1 fully saturated rings. The number of halogens is 1. The maximum atomic E-state index is 11.2. The average molecular weight is 283 g/mol. The Hall–Kier alpha value is -1.26. The number of hydrogen-bond donors (Lipinski definition) is 2. The third kappa shape index (κ3) is 2.69. The maximum absolute atomic E-state index is 11.2. The first-order valence-corrected chi connectivity index (χ1v) is 6.77. The Bertz CT molecular complexity index is 484. The Morgan fingerprint density at radius 3 is 2.63 bits per heavy atom. The number of carboxylic acid groups (broad SMARTS) is 1. The summed E-state index contributed by atoms with van der Waals surface area (Å²) in [4.78, 5) is 13.5. The minimum Gasteiger partial charge on any atom is -0.478 e. The molecule has 104 valence electrons. The Kier molecular flexibility index (Phi) is 4.02. The molecule has 0 aliphatic heterocycles. The van der Waals surface area contributed by atoms with Gasteiger partial charge in [-0.05, 0) is 45.5 Å². The molecule has 0 saturated heterocycles. The molecule has 0 bridgehead atoms. The smallest absolute Gasteiger partial charge is 0.339 e. The molecule has 0 aromatic heterocycles. The minimum absolute atomic E-state index is 0.137. The lowest BCUT2D eigenvalue weighted by Crippen LogP contribution is -2.54. The van der Waals surface area contributed by atoms with Gasteiger partial charge in [0.15, 0.2) is 0 Å². The van der Waals surface area contributed by atoms with Crippen LogP contribution in [0.25, 0.3) is 0 Å². The van der Waals surface area contributed by atoms with E-state index >= 15 is 0 Å². The fourth-order valence-electron chi connectivity index (χ4n) is 2.52. The summed E-state index contributed by atoms with van der Waals surface area (Å²) in [7, 11) is 4.13. The topological polar surface area (TPSA) is 52.6 Å². The van der Waals surface area contributed by atoms with Gasteiger partial charge in [-0.3, -0.25) is 0 Å². The average Bonchev–Trinajstić information content (AvgIpc) is 2.26. The number of anilines is 1. The molecule has 1 aromatic rings. The number of likely N-dealkylation sites (N-methyl/N-ethyl adjacent to an activating group) is 1. The molecule has 4 nitrogen and oxygen atoms in total. The van der Waals surface area contributed by atoms with Crippen LogP contribution in [-0.4, -0.2) is 42.2 Å². The van der Waals surface area contributed by atoms with Gasteiger partial charge in [-0.25, -0.2) is 4.79 Å². The van der Waals surface area contributed by atoms with Crippen LogP contribution in [0.5, 0.6) is 0 Å². The summed E-state index contributed by atoms with van der Waals surface area (Å²) in [5.74, 6) is -0.999. The van der Waals surface area contributed by atoms with Gasteiger partial charge in [0.1, 0.15) is 5.56 Å². The normalized spacial score (nSPS) is 17.1. The van der Waals surface area contributed by atoms with Gasteiger partial charge >= 0.3 is 5.97 Å². The zero-order chi connectivity index (χ0) is 14.0. The van der Waals surface area contributed by atoms with E-state index in [1.807, 2.05) is 0 Å². The summed E-state index contributed by atoms with van der Waals surface area (Å²) >= 11 is 5.95. The molecule has 0 radical (unpaired) electrons. The molecule has 1 aromatic carbocycles. The number of hydrogen-bond acceptors (Lipinski definition) is 3. The number of carbonyl (C=O) groups is 1. The molecular weight excluding hydrogens is 264 g/mol. The number of aromatic carboxylic acids is 1. The third-order valence-electron chi connectivity index (χ3n) is 4.07. The fraction of sp³-hybridized carbons (Fsp3) is 0.500. The number of carboxylic acids is 1. The molecule has 2 N–H and O–H groups in total. The van der Waals surface area contributed by atoms with Crippen molar-refractivity contribution in [3.05, 3.63) is 28.8 Å². The Morgan fingerprint density at radius 1 is 1.47 bits per heavy atom. The van der Waals surface area contributed by atoms with E-state index in [-0.39, 0.29) is 16.1 Å². The lowest BCUT2D eigenvalue weighted by molar-refractivity contribution is 0.0694. The van der Waals surface area contributed by atoms with Gasteiger partial charge in [-0.15, -0.1) is 0 Å². The molecule has 0 spiro atoms. The van der Waals surface area contributed by atoms with E-state index in [4.69, 9.17) is 11.6 Å². The van der Waals surface area contributed by atoms with E-state index in [2.05, 4.69) is 24.3 Å². The van der Waals surface area contributed by atoms with Crippen molar-refractivity contribution in [2.24, 2.45) is 0 Å². The summed E-state index contributed by atoms with van der Waals surface area (Å²) < 4.78 is 0. The van der Waals surface area contributed by atoms with Gasteiger partial charge in [0.25, 0.3) is 0 Å². The van der Waals surface area contributed by atoms with Gasteiger partial charge in [0.2, 0.25) is 0 Å². The lowest BCUT2D eigenvalue weighted by atomic mass is 9.75. The van der Waals surface area contributed by atoms with Crippen molar-refractivity contribution in [2.45, 2.75) is 24.8 Å². The highest BCUT2D eigenvalue weighted by Gasteiger charge is 2.38. The minimum atomic E-state index is -0.999. The van der Waals surface area contributed by atoms with Crippen LogP contribution in [0.3, 0.4) is 0 Å². The Morgan fingerprint density at radius 2 is 2.16 bits per heavy atom. The fourth-order valence-corrected chi connectivity index (χ4v) is 2.77. The van der Waals surface area contributed by atoms with Crippen LogP contribution in [0.2, 0.25) is 5.02 Å². The van der Waals surface area contributed by atoms with Crippen LogP contribution >= 0.6 is 11.6 Å². The van der Waals surface area contributed by atoms with Gasteiger partial charge in [-0.2, -0.15) is 0 Å². The van der Waals surface area contributed by atoms with Crippen molar-refractivity contribution < 1.29 is 9.90 Å². The second kappa shape index (κ2) is 5.39. The SMILES string of the molecule is CN(C)C1(CNc2cccc(Cl)c2C(=O)O)CCC1. The predicted molar refractivity (Wildman–Crippen MR) is 77.2 cm³/mol. The Balaban J connectivity index is 2.16. The standard InChI is InChI=1S/C14H19ClN2O2/c1-17(2)14(7-4-8-14)9-16-11-6-3-5-10(15)12(11)13(18)19/h3,5-6,16H,4,7-9H2,1-2H3,(H,18,19). The first-order chi connectivity index (χ1) is 8.96. The van der Waals surface area contributed by atoms with E-state index in [1.165, 1.54) is 6.42 Å². The molecule has 0 heterocycles. The van der Waals surface area contributed by atoms with Crippen LogP contribution in [-0.2, 0) is 0 Å². The zero-order valence-corrected chi connectivity index (χ0v) is 12.0. The molecule has 0 amide bonds. The van der Waals surface area contributed by atoms with Gasteiger partial charge in [-0.1, -0.05) is 17.7 Å². The number of nitrogens with one attached hydrogen (secondary N) is 1. The zero-order valence-electron chi connectivity index (χ0n) is 11.2. The second-order valence-corrected chi connectivity index (χ2v) is 5.70. The molecule has 0 atom stereocenters. The summed E-state index contributed by atoms with van der Waals surface area (Å²) in [6.07, 6.45) is 3.49. The van der Waals surface area contributed by atoms with Crippen molar-refractivity contribution >= 4 is 23.3 Å². The molecule has 5 heteroatoms. The Labute approximate surface area is 118 Å².